The van der Waals surface area contributed by atoms with Crippen molar-refractivity contribution in [2.24, 2.45) is 18.8 Å². The molecular formula is C10H18N4O. The number of imidazole rings is 1. The number of ether oxygens (including phenoxy) is 1. The van der Waals surface area contributed by atoms with E-state index < -0.39 is 0 Å². The minimum absolute atomic E-state index is 0.0255. The molecule has 0 spiro atoms. The van der Waals surface area contributed by atoms with Gasteiger partial charge in [-0.25, -0.2) is 10.4 Å². The molecule has 0 aliphatic carbocycles. The summed E-state index contributed by atoms with van der Waals surface area (Å²) in [5.74, 6) is 7.04. The number of hydrogen-bond donors (Lipinski definition) is 2. The van der Waals surface area contributed by atoms with Crippen LogP contribution in [0.4, 0.5) is 0 Å². The van der Waals surface area contributed by atoms with E-state index in [2.05, 4.69) is 17.3 Å². The molecule has 3 unspecified atom stereocenters. The van der Waals surface area contributed by atoms with Crippen LogP contribution in [0.15, 0.2) is 12.4 Å². The van der Waals surface area contributed by atoms with E-state index in [1.807, 2.05) is 17.8 Å². The topological polar surface area (TPSA) is 65.1 Å². The Hall–Kier alpha value is -0.910. The second kappa shape index (κ2) is 4.30. The molecular weight excluding hydrogens is 192 g/mol. The molecule has 3 N–H and O–H groups in total. The highest BCUT2D eigenvalue weighted by atomic mass is 16.5. The van der Waals surface area contributed by atoms with Crippen molar-refractivity contribution in [2.75, 3.05) is 6.61 Å². The number of nitrogens with two attached hydrogens (primary N) is 1. The minimum atomic E-state index is -0.0255. The fourth-order valence-corrected chi connectivity index (χ4v) is 2.14. The highest BCUT2D eigenvalue weighted by Crippen LogP contribution is 2.29. The molecule has 5 heteroatoms. The Morgan fingerprint density at radius 3 is 3.00 bits per heavy atom. The summed E-state index contributed by atoms with van der Waals surface area (Å²) in [7, 11) is 1.96. The van der Waals surface area contributed by atoms with Crippen LogP contribution in [-0.4, -0.2) is 22.3 Å². The molecule has 2 heterocycles. The highest BCUT2D eigenvalue weighted by Gasteiger charge is 2.34. The third-order valence-corrected chi connectivity index (χ3v) is 3.09. The first-order valence-corrected chi connectivity index (χ1v) is 5.29. The van der Waals surface area contributed by atoms with E-state index in [0.29, 0.717) is 5.92 Å². The lowest BCUT2D eigenvalue weighted by molar-refractivity contribution is 0.0572. The van der Waals surface area contributed by atoms with Gasteiger partial charge in [0.25, 0.3) is 0 Å². The number of rotatable bonds is 3. The second-order valence-corrected chi connectivity index (χ2v) is 4.14. The van der Waals surface area contributed by atoms with Gasteiger partial charge in [0.15, 0.2) is 0 Å². The molecule has 0 amide bonds. The van der Waals surface area contributed by atoms with E-state index in [0.717, 1.165) is 18.9 Å². The molecule has 0 saturated carbocycles. The zero-order valence-electron chi connectivity index (χ0n) is 9.18. The minimum Gasteiger partial charge on any atom is -0.376 e. The summed E-state index contributed by atoms with van der Waals surface area (Å²) in [5, 5.41) is 0. The van der Waals surface area contributed by atoms with Crippen molar-refractivity contribution in [1.82, 2.24) is 15.0 Å². The Kier molecular flexibility index (Phi) is 3.04. The van der Waals surface area contributed by atoms with Gasteiger partial charge in [0.05, 0.1) is 6.10 Å². The molecule has 1 fully saturated rings. The summed E-state index contributed by atoms with van der Waals surface area (Å²) in [6.45, 7) is 3.00. The van der Waals surface area contributed by atoms with Crippen LogP contribution in [0.2, 0.25) is 0 Å². The summed E-state index contributed by atoms with van der Waals surface area (Å²) in [5.41, 5.74) is 2.81. The van der Waals surface area contributed by atoms with Gasteiger partial charge in [-0.05, 0) is 12.3 Å². The molecule has 1 aromatic heterocycles. The Morgan fingerprint density at radius 1 is 1.73 bits per heavy atom. The molecule has 5 nitrogen and oxygen atoms in total. The summed E-state index contributed by atoms with van der Waals surface area (Å²) in [6, 6.07) is -0.0255. The van der Waals surface area contributed by atoms with Crippen LogP contribution in [-0.2, 0) is 11.8 Å². The van der Waals surface area contributed by atoms with Gasteiger partial charge in [0, 0.05) is 26.0 Å². The van der Waals surface area contributed by atoms with Crippen molar-refractivity contribution < 1.29 is 4.74 Å². The van der Waals surface area contributed by atoms with Crippen LogP contribution in [0.1, 0.15) is 25.2 Å². The van der Waals surface area contributed by atoms with Crippen LogP contribution in [0.3, 0.4) is 0 Å². The fraction of sp³-hybridized carbons (Fsp3) is 0.700. The normalized spacial score (nSPS) is 28.2. The molecule has 15 heavy (non-hydrogen) atoms. The van der Waals surface area contributed by atoms with E-state index in [1.54, 1.807) is 6.20 Å². The summed E-state index contributed by atoms with van der Waals surface area (Å²) >= 11 is 0. The molecule has 3 atom stereocenters. The Balaban J connectivity index is 2.20. The third kappa shape index (κ3) is 1.90. The SMILES string of the molecule is CC1CCOC1C(NN)c1nccn1C. The first-order chi connectivity index (χ1) is 7.24. The molecule has 1 aromatic rings. The molecule has 0 bridgehead atoms. The number of hydrazine groups is 1. The standard InChI is InChI=1S/C10H18N4O/c1-7-3-6-15-9(7)8(13-11)10-12-4-5-14(10)2/h4-5,7-9,13H,3,6,11H2,1-2H3. The predicted molar refractivity (Wildman–Crippen MR) is 56.8 cm³/mol. The van der Waals surface area contributed by atoms with Crippen molar-refractivity contribution in [3.05, 3.63) is 18.2 Å². The maximum absolute atomic E-state index is 5.70. The number of aromatic nitrogens is 2. The van der Waals surface area contributed by atoms with Crippen LogP contribution in [0.5, 0.6) is 0 Å². The predicted octanol–water partition coefficient (Wildman–Crippen LogP) is 0.349. The van der Waals surface area contributed by atoms with Gasteiger partial charge in [-0.1, -0.05) is 6.92 Å². The van der Waals surface area contributed by atoms with Gasteiger partial charge in [-0.3, -0.25) is 5.84 Å². The van der Waals surface area contributed by atoms with E-state index in [-0.39, 0.29) is 12.1 Å². The lowest BCUT2D eigenvalue weighted by Gasteiger charge is -2.24. The van der Waals surface area contributed by atoms with Crippen LogP contribution >= 0.6 is 0 Å². The Labute approximate surface area is 89.6 Å². The third-order valence-electron chi connectivity index (χ3n) is 3.09. The van der Waals surface area contributed by atoms with Crippen molar-refractivity contribution in [3.63, 3.8) is 0 Å². The summed E-state index contributed by atoms with van der Waals surface area (Å²) < 4.78 is 7.67. The quantitative estimate of drug-likeness (QED) is 0.558. The molecule has 2 rings (SSSR count). The summed E-state index contributed by atoms with van der Waals surface area (Å²) in [4.78, 5) is 4.31. The summed E-state index contributed by atoms with van der Waals surface area (Å²) in [6.07, 6.45) is 4.90. The van der Waals surface area contributed by atoms with Crippen LogP contribution < -0.4 is 11.3 Å². The van der Waals surface area contributed by atoms with Crippen molar-refractivity contribution in [1.29, 1.82) is 0 Å². The van der Waals surface area contributed by atoms with Gasteiger partial charge < -0.3 is 9.30 Å². The molecule has 0 radical (unpaired) electrons. The lowest BCUT2D eigenvalue weighted by atomic mass is 9.97. The first-order valence-electron chi connectivity index (χ1n) is 5.29. The van der Waals surface area contributed by atoms with Gasteiger partial charge in [0.1, 0.15) is 11.9 Å². The number of nitrogens with zero attached hydrogens (tertiary/aromatic N) is 2. The highest BCUT2D eigenvalue weighted by molar-refractivity contribution is 5.03. The van der Waals surface area contributed by atoms with Gasteiger partial charge in [-0.15, -0.1) is 0 Å². The van der Waals surface area contributed by atoms with Crippen LogP contribution in [0.25, 0.3) is 0 Å². The van der Waals surface area contributed by atoms with Crippen molar-refractivity contribution in [2.45, 2.75) is 25.5 Å². The largest absolute Gasteiger partial charge is 0.376 e. The monoisotopic (exact) mass is 210 g/mol. The zero-order chi connectivity index (χ0) is 10.8. The first kappa shape index (κ1) is 10.6. The Bertz CT molecular complexity index is 325. The number of hydrogen-bond acceptors (Lipinski definition) is 4. The average molecular weight is 210 g/mol. The number of nitrogens with one attached hydrogen (secondary N) is 1. The van der Waals surface area contributed by atoms with Gasteiger partial charge in [0.2, 0.25) is 0 Å². The average Bonchev–Trinajstić information content (AvgIpc) is 2.80. The smallest absolute Gasteiger partial charge is 0.129 e. The molecule has 0 aromatic carbocycles. The molecule has 84 valence electrons. The van der Waals surface area contributed by atoms with Crippen LogP contribution in [0, 0.1) is 5.92 Å². The van der Waals surface area contributed by atoms with E-state index in [4.69, 9.17) is 10.6 Å². The Morgan fingerprint density at radius 2 is 2.53 bits per heavy atom. The fourth-order valence-electron chi connectivity index (χ4n) is 2.14. The van der Waals surface area contributed by atoms with E-state index >= 15 is 0 Å². The maximum atomic E-state index is 5.70. The van der Waals surface area contributed by atoms with E-state index in [9.17, 15) is 0 Å². The molecule has 1 aliphatic heterocycles. The van der Waals surface area contributed by atoms with Gasteiger partial charge in [-0.2, -0.15) is 0 Å². The van der Waals surface area contributed by atoms with Crippen molar-refractivity contribution >= 4 is 0 Å². The van der Waals surface area contributed by atoms with Gasteiger partial charge >= 0.3 is 0 Å². The number of aryl methyl sites for hydroxylation is 1. The lowest BCUT2D eigenvalue weighted by Crippen LogP contribution is -2.40. The molecule has 1 saturated heterocycles. The second-order valence-electron chi connectivity index (χ2n) is 4.14. The zero-order valence-corrected chi connectivity index (χ0v) is 9.18. The van der Waals surface area contributed by atoms with E-state index in [1.165, 1.54) is 0 Å². The maximum Gasteiger partial charge on any atom is 0.129 e. The van der Waals surface area contributed by atoms with Crippen molar-refractivity contribution in [3.8, 4) is 0 Å². The molecule has 1 aliphatic rings.